The van der Waals surface area contributed by atoms with E-state index in [-0.39, 0.29) is 5.91 Å². The third kappa shape index (κ3) is 7.69. The Morgan fingerprint density at radius 2 is 1.81 bits per heavy atom. The molecule has 0 unspecified atom stereocenters. The first-order valence-electron chi connectivity index (χ1n) is 8.01. The molecule has 0 aromatic rings. The van der Waals surface area contributed by atoms with Crippen LogP contribution in [-0.2, 0) is 9.59 Å². The fourth-order valence-corrected chi connectivity index (χ4v) is 2.49. The second kappa shape index (κ2) is 10.2. The van der Waals surface area contributed by atoms with Crippen LogP contribution in [0.15, 0.2) is 23.8 Å². The molecule has 1 heterocycles. The minimum absolute atomic E-state index is 0.190. The molecule has 1 N–H and O–H groups in total. The zero-order valence-corrected chi connectivity index (χ0v) is 13.0. The number of hydrogen-bond acceptors (Lipinski definition) is 2. The Morgan fingerprint density at radius 3 is 2.43 bits per heavy atom. The number of carboxylic acids is 1. The fraction of sp³-hybridized carbons (Fsp3) is 0.647. The Morgan fingerprint density at radius 1 is 1.10 bits per heavy atom. The summed E-state index contributed by atoms with van der Waals surface area (Å²) in [6.07, 6.45) is 12.6. The molecule has 4 heteroatoms. The van der Waals surface area contributed by atoms with Gasteiger partial charge < -0.3 is 10.0 Å². The lowest BCUT2D eigenvalue weighted by atomic mass is 10.1. The Balaban J connectivity index is 2.46. The Labute approximate surface area is 127 Å². The quantitative estimate of drug-likeness (QED) is 0.402. The van der Waals surface area contributed by atoms with E-state index in [9.17, 15) is 9.59 Å². The van der Waals surface area contributed by atoms with Crippen molar-refractivity contribution >= 4 is 11.9 Å². The van der Waals surface area contributed by atoms with Crippen molar-refractivity contribution in [3.05, 3.63) is 23.8 Å². The number of carbonyl (C=O) groups is 2. The summed E-state index contributed by atoms with van der Waals surface area (Å²) in [6.45, 7) is 3.91. The summed E-state index contributed by atoms with van der Waals surface area (Å²) in [5, 5.41) is 8.73. The molecule has 0 atom stereocenters. The van der Waals surface area contributed by atoms with Gasteiger partial charge in [0.1, 0.15) is 0 Å². The van der Waals surface area contributed by atoms with Crippen molar-refractivity contribution in [1.82, 2.24) is 4.90 Å². The van der Waals surface area contributed by atoms with Gasteiger partial charge in [0.2, 0.25) is 5.91 Å². The van der Waals surface area contributed by atoms with Crippen molar-refractivity contribution < 1.29 is 14.7 Å². The molecule has 0 aromatic heterocycles. The molecule has 0 aliphatic carbocycles. The number of allylic oxidation sites excluding steroid dienone is 3. The van der Waals surface area contributed by atoms with E-state index in [4.69, 9.17) is 5.11 Å². The van der Waals surface area contributed by atoms with Crippen LogP contribution in [0.4, 0.5) is 0 Å². The van der Waals surface area contributed by atoms with Crippen molar-refractivity contribution in [2.75, 3.05) is 13.1 Å². The highest BCUT2D eigenvalue weighted by molar-refractivity contribution is 5.80. The monoisotopic (exact) mass is 293 g/mol. The summed E-state index contributed by atoms with van der Waals surface area (Å²) in [5.41, 5.74) is 0.959. The first-order chi connectivity index (χ1) is 10.1. The summed E-state index contributed by atoms with van der Waals surface area (Å²) < 4.78 is 0. The lowest BCUT2D eigenvalue weighted by molar-refractivity contribution is -0.131. The summed E-state index contributed by atoms with van der Waals surface area (Å²) in [5.74, 6) is -0.754. The zero-order valence-electron chi connectivity index (χ0n) is 13.0. The van der Waals surface area contributed by atoms with Crippen LogP contribution >= 0.6 is 0 Å². The maximum absolute atomic E-state index is 12.0. The minimum Gasteiger partial charge on any atom is -0.478 e. The van der Waals surface area contributed by atoms with E-state index in [0.717, 1.165) is 50.4 Å². The first kappa shape index (κ1) is 17.5. The normalized spacial score (nSPS) is 15.9. The number of likely N-dealkylation sites (tertiary alicyclic amines) is 1. The molecule has 1 aliphatic rings. The van der Waals surface area contributed by atoms with E-state index in [1.807, 2.05) is 4.90 Å². The number of nitrogens with zero attached hydrogens (tertiary/aromatic N) is 1. The van der Waals surface area contributed by atoms with Crippen molar-refractivity contribution in [1.29, 1.82) is 0 Å². The van der Waals surface area contributed by atoms with E-state index >= 15 is 0 Å². The lowest BCUT2D eigenvalue weighted by Crippen LogP contribution is -2.27. The topological polar surface area (TPSA) is 57.6 Å². The predicted octanol–water partition coefficient (Wildman–Crippen LogP) is 3.54. The number of aliphatic carboxylic acids is 1. The van der Waals surface area contributed by atoms with E-state index in [1.54, 1.807) is 6.08 Å². The van der Waals surface area contributed by atoms with Gasteiger partial charge in [0.05, 0.1) is 0 Å². The Hall–Kier alpha value is -1.58. The summed E-state index contributed by atoms with van der Waals surface area (Å²) >= 11 is 0. The number of amides is 1. The number of carboxylic acid groups (broad SMARTS) is 1. The Bertz CT molecular complexity index is 393. The van der Waals surface area contributed by atoms with E-state index in [0.29, 0.717) is 12.8 Å². The largest absolute Gasteiger partial charge is 0.478 e. The molecule has 1 amide bonds. The zero-order chi connectivity index (χ0) is 15.5. The third-order valence-corrected chi connectivity index (χ3v) is 3.74. The molecule has 21 heavy (non-hydrogen) atoms. The van der Waals surface area contributed by atoms with Gasteiger partial charge in [-0.25, -0.2) is 4.79 Å². The summed E-state index contributed by atoms with van der Waals surface area (Å²) in [4.78, 5) is 24.6. The van der Waals surface area contributed by atoms with Crippen LogP contribution in [0.1, 0.15) is 58.3 Å². The van der Waals surface area contributed by atoms with Gasteiger partial charge in [-0.3, -0.25) is 4.79 Å². The fourth-order valence-electron chi connectivity index (χ4n) is 2.49. The smallest absolute Gasteiger partial charge is 0.328 e. The molecule has 0 bridgehead atoms. The molecule has 1 saturated heterocycles. The van der Waals surface area contributed by atoms with Gasteiger partial charge in [-0.05, 0) is 32.1 Å². The van der Waals surface area contributed by atoms with Crippen LogP contribution in [-0.4, -0.2) is 35.0 Å². The molecule has 1 rings (SSSR count). The van der Waals surface area contributed by atoms with Crippen LogP contribution in [0.25, 0.3) is 0 Å². The predicted molar refractivity (Wildman–Crippen MR) is 84.0 cm³/mol. The molecular formula is C17H27NO3. The standard InChI is InChI=1S/C17H27NO3/c1-2-3-4-5-8-15(10-12-17(20)21)9-11-16(19)18-13-6-7-14-18/h8,10,12H,2-7,9,11,13-14H2,1H3,(H,20,21)/b12-10+,15-8+. The average molecular weight is 293 g/mol. The van der Waals surface area contributed by atoms with Crippen molar-refractivity contribution in [3.63, 3.8) is 0 Å². The van der Waals surface area contributed by atoms with Gasteiger partial charge in [0.25, 0.3) is 0 Å². The van der Waals surface area contributed by atoms with Crippen molar-refractivity contribution in [3.8, 4) is 0 Å². The number of carbonyl (C=O) groups excluding carboxylic acids is 1. The van der Waals surface area contributed by atoms with Gasteiger partial charge in [0, 0.05) is 25.6 Å². The minimum atomic E-state index is -0.944. The molecule has 1 aliphatic heterocycles. The second-order valence-corrected chi connectivity index (χ2v) is 5.53. The maximum atomic E-state index is 12.0. The summed E-state index contributed by atoms with van der Waals surface area (Å²) in [7, 11) is 0. The Kier molecular flexibility index (Phi) is 8.48. The number of hydrogen-bond donors (Lipinski definition) is 1. The third-order valence-electron chi connectivity index (χ3n) is 3.74. The van der Waals surface area contributed by atoms with Gasteiger partial charge in [-0.15, -0.1) is 0 Å². The van der Waals surface area contributed by atoms with Crippen LogP contribution in [0.5, 0.6) is 0 Å². The molecule has 4 nitrogen and oxygen atoms in total. The highest BCUT2D eigenvalue weighted by Crippen LogP contribution is 2.15. The molecule has 1 fully saturated rings. The molecule has 0 aromatic carbocycles. The highest BCUT2D eigenvalue weighted by atomic mass is 16.4. The maximum Gasteiger partial charge on any atom is 0.328 e. The molecular weight excluding hydrogens is 266 g/mol. The van der Waals surface area contributed by atoms with Crippen LogP contribution < -0.4 is 0 Å². The van der Waals surface area contributed by atoms with E-state index in [2.05, 4.69) is 13.0 Å². The first-order valence-corrected chi connectivity index (χ1v) is 8.01. The molecule has 0 spiro atoms. The average Bonchev–Trinajstić information content (AvgIpc) is 2.99. The highest BCUT2D eigenvalue weighted by Gasteiger charge is 2.17. The van der Waals surface area contributed by atoms with E-state index < -0.39 is 5.97 Å². The second-order valence-electron chi connectivity index (χ2n) is 5.53. The van der Waals surface area contributed by atoms with Gasteiger partial charge in [-0.2, -0.15) is 0 Å². The SMILES string of the molecule is CCCCC/C=C(/C=C/C(=O)O)CCC(=O)N1CCCC1. The lowest BCUT2D eigenvalue weighted by Gasteiger charge is -2.15. The van der Waals surface area contributed by atoms with Crippen molar-refractivity contribution in [2.45, 2.75) is 58.3 Å². The van der Waals surface area contributed by atoms with Gasteiger partial charge in [0.15, 0.2) is 0 Å². The van der Waals surface area contributed by atoms with E-state index in [1.165, 1.54) is 12.8 Å². The van der Waals surface area contributed by atoms with Crippen LogP contribution in [0.3, 0.4) is 0 Å². The molecule has 118 valence electrons. The number of rotatable bonds is 9. The molecule has 0 radical (unpaired) electrons. The van der Waals surface area contributed by atoms with Gasteiger partial charge >= 0.3 is 5.97 Å². The molecule has 0 saturated carbocycles. The van der Waals surface area contributed by atoms with Crippen LogP contribution in [0, 0.1) is 0 Å². The van der Waals surface area contributed by atoms with Crippen LogP contribution in [0.2, 0.25) is 0 Å². The number of unbranched alkanes of at least 4 members (excludes halogenated alkanes) is 3. The summed E-state index contributed by atoms with van der Waals surface area (Å²) in [6, 6.07) is 0. The van der Waals surface area contributed by atoms with Crippen molar-refractivity contribution in [2.24, 2.45) is 0 Å². The van der Waals surface area contributed by atoms with Gasteiger partial charge in [-0.1, -0.05) is 37.5 Å².